The number of benzene rings is 1. The second-order valence-corrected chi connectivity index (χ2v) is 6.61. The van der Waals surface area contributed by atoms with Crippen LogP contribution in [0.4, 0.5) is 0 Å². The quantitative estimate of drug-likeness (QED) is 0.737. The van der Waals surface area contributed by atoms with Crippen LogP contribution in [0.25, 0.3) is 0 Å². The van der Waals surface area contributed by atoms with Gasteiger partial charge in [-0.15, -0.1) is 0 Å². The van der Waals surface area contributed by atoms with E-state index in [0.717, 1.165) is 5.56 Å². The molecule has 7 heteroatoms. The van der Waals surface area contributed by atoms with Gasteiger partial charge in [0.25, 0.3) is 0 Å². The molecule has 4 atom stereocenters. The number of carbonyl (C=O) groups excluding carboxylic acids is 2. The van der Waals surface area contributed by atoms with Gasteiger partial charge in [0.1, 0.15) is 12.1 Å². The van der Waals surface area contributed by atoms with E-state index in [4.69, 9.17) is 11.6 Å². The third-order valence-corrected chi connectivity index (χ3v) is 4.65. The van der Waals surface area contributed by atoms with E-state index >= 15 is 0 Å². The fourth-order valence-electron chi connectivity index (χ4n) is 3.20. The number of aliphatic hydroxyl groups is 1. The van der Waals surface area contributed by atoms with Gasteiger partial charge in [-0.25, -0.2) is 0 Å². The van der Waals surface area contributed by atoms with Crippen molar-refractivity contribution < 1.29 is 14.7 Å². The molecule has 0 bridgehead atoms. The highest BCUT2D eigenvalue weighted by atomic mass is 35.5. The molecule has 0 radical (unpaired) electrons. The van der Waals surface area contributed by atoms with Crippen LogP contribution in [-0.2, 0) is 16.1 Å². The van der Waals surface area contributed by atoms with Crippen molar-refractivity contribution in [1.82, 2.24) is 15.5 Å². The average molecular weight is 338 g/mol. The van der Waals surface area contributed by atoms with Crippen LogP contribution >= 0.6 is 11.6 Å². The summed E-state index contributed by atoms with van der Waals surface area (Å²) < 4.78 is 0. The van der Waals surface area contributed by atoms with Crippen molar-refractivity contribution in [2.45, 2.75) is 44.1 Å². The van der Waals surface area contributed by atoms with Crippen LogP contribution in [0.15, 0.2) is 24.3 Å². The molecule has 2 heterocycles. The lowest BCUT2D eigenvalue weighted by atomic mass is 10.0. The molecule has 2 fully saturated rings. The zero-order valence-corrected chi connectivity index (χ0v) is 13.6. The van der Waals surface area contributed by atoms with Crippen LogP contribution < -0.4 is 10.6 Å². The van der Waals surface area contributed by atoms with Gasteiger partial charge >= 0.3 is 0 Å². The Morgan fingerprint density at radius 1 is 1.48 bits per heavy atom. The molecule has 0 unspecified atom stereocenters. The summed E-state index contributed by atoms with van der Waals surface area (Å²) in [6.07, 6.45) is -0.323. The fraction of sp³-hybridized carbons (Fsp3) is 0.500. The van der Waals surface area contributed by atoms with Gasteiger partial charge in [0.15, 0.2) is 0 Å². The normalized spacial score (nSPS) is 28.5. The van der Waals surface area contributed by atoms with E-state index in [1.807, 2.05) is 24.3 Å². The maximum atomic E-state index is 12.4. The summed E-state index contributed by atoms with van der Waals surface area (Å²) in [5.41, 5.74) is 1.06. The number of amides is 2. The Balaban J connectivity index is 1.63. The maximum absolute atomic E-state index is 12.4. The first-order chi connectivity index (χ1) is 11.0. The largest absolute Gasteiger partial charge is 0.391 e. The molecule has 2 aliphatic rings. The van der Waals surface area contributed by atoms with E-state index in [0.29, 0.717) is 24.5 Å². The Morgan fingerprint density at radius 2 is 2.26 bits per heavy atom. The van der Waals surface area contributed by atoms with Crippen molar-refractivity contribution in [2.24, 2.45) is 0 Å². The highest BCUT2D eigenvalue weighted by Gasteiger charge is 2.47. The second kappa shape index (κ2) is 6.47. The third kappa shape index (κ3) is 3.34. The van der Waals surface area contributed by atoms with E-state index in [1.165, 1.54) is 6.92 Å². The molecule has 1 aromatic rings. The van der Waals surface area contributed by atoms with Gasteiger partial charge in [-0.2, -0.15) is 0 Å². The molecule has 2 saturated heterocycles. The molecular formula is C16H20ClN3O3. The summed E-state index contributed by atoms with van der Waals surface area (Å²) in [7, 11) is 0. The first kappa shape index (κ1) is 16.2. The summed E-state index contributed by atoms with van der Waals surface area (Å²) in [6.45, 7) is 2.61. The van der Waals surface area contributed by atoms with Gasteiger partial charge in [0.05, 0.1) is 6.10 Å². The van der Waals surface area contributed by atoms with Crippen LogP contribution in [0.5, 0.6) is 0 Å². The summed E-state index contributed by atoms with van der Waals surface area (Å²) >= 11 is 5.97. The number of fused-ring (bicyclic) bond motifs is 1. The van der Waals surface area contributed by atoms with Gasteiger partial charge < -0.3 is 20.6 Å². The zero-order chi connectivity index (χ0) is 16.6. The van der Waals surface area contributed by atoms with E-state index < -0.39 is 18.2 Å². The Hall–Kier alpha value is -1.63. The number of carbonyl (C=O) groups is 2. The smallest absolute Gasteiger partial charge is 0.248 e. The highest BCUT2D eigenvalue weighted by Crippen LogP contribution is 2.24. The Labute approximate surface area is 139 Å². The van der Waals surface area contributed by atoms with Gasteiger partial charge in [-0.05, 0) is 31.0 Å². The highest BCUT2D eigenvalue weighted by molar-refractivity contribution is 6.30. The molecule has 124 valence electrons. The predicted molar refractivity (Wildman–Crippen MR) is 85.8 cm³/mol. The minimum Gasteiger partial charge on any atom is -0.391 e. The minimum atomic E-state index is -0.897. The molecular weight excluding hydrogens is 318 g/mol. The van der Waals surface area contributed by atoms with Crippen LogP contribution in [-0.4, -0.2) is 52.6 Å². The Kier molecular flexibility index (Phi) is 4.57. The average Bonchev–Trinajstić information content (AvgIpc) is 2.94. The van der Waals surface area contributed by atoms with Crippen LogP contribution in [0.3, 0.4) is 0 Å². The Bertz CT molecular complexity index is 622. The maximum Gasteiger partial charge on any atom is 0.248 e. The molecule has 3 rings (SSSR count). The number of nitrogens with zero attached hydrogens (tertiary/aromatic N) is 1. The molecule has 0 aliphatic carbocycles. The predicted octanol–water partition coefficient (Wildman–Crippen LogP) is 0.278. The summed E-state index contributed by atoms with van der Waals surface area (Å²) in [5, 5.41) is 16.3. The topological polar surface area (TPSA) is 81.7 Å². The number of aliphatic hydroxyl groups excluding tert-OH is 1. The van der Waals surface area contributed by atoms with E-state index in [2.05, 4.69) is 10.6 Å². The molecule has 0 aromatic heterocycles. The lowest BCUT2D eigenvalue weighted by Gasteiger charge is -2.35. The molecule has 3 N–H and O–H groups in total. The van der Waals surface area contributed by atoms with Crippen LogP contribution in [0, 0.1) is 0 Å². The molecule has 1 aromatic carbocycles. The first-order valence-corrected chi connectivity index (χ1v) is 8.10. The number of halogens is 1. The summed E-state index contributed by atoms with van der Waals surface area (Å²) in [6, 6.07) is 6.32. The van der Waals surface area contributed by atoms with Crippen molar-refractivity contribution in [2.75, 3.05) is 6.54 Å². The van der Waals surface area contributed by atoms with Crippen LogP contribution in [0.2, 0.25) is 5.02 Å². The lowest BCUT2D eigenvalue weighted by Crippen LogP contribution is -2.64. The number of nitrogens with one attached hydrogen (secondary N) is 2. The lowest BCUT2D eigenvalue weighted by molar-refractivity contribution is -0.149. The van der Waals surface area contributed by atoms with Gasteiger partial charge in [0, 0.05) is 24.2 Å². The van der Waals surface area contributed by atoms with Gasteiger partial charge in [0.2, 0.25) is 11.8 Å². The number of rotatable bonds is 4. The number of hydrogen-bond acceptors (Lipinski definition) is 4. The molecule has 2 aliphatic heterocycles. The zero-order valence-electron chi connectivity index (χ0n) is 12.8. The number of piperazine rings is 1. The molecule has 23 heavy (non-hydrogen) atoms. The SMILES string of the molecule is C[C@H](O)[C@H]1NC(=O)[C@@H]2C[C@H](NCc3cccc(Cl)c3)CN2C1=O. The first-order valence-electron chi connectivity index (χ1n) is 7.72. The van der Waals surface area contributed by atoms with E-state index in [9.17, 15) is 14.7 Å². The van der Waals surface area contributed by atoms with E-state index in [1.54, 1.807) is 4.90 Å². The van der Waals surface area contributed by atoms with Crippen molar-refractivity contribution in [3.8, 4) is 0 Å². The molecule has 6 nitrogen and oxygen atoms in total. The van der Waals surface area contributed by atoms with Crippen molar-refractivity contribution in [1.29, 1.82) is 0 Å². The summed E-state index contributed by atoms with van der Waals surface area (Å²) in [5.74, 6) is -0.404. The van der Waals surface area contributed by atoms with Gasteiger partial charge in [-0.3, -0.25) is 9.59 Å². The third-order valence-electron chi connectivity index (χ3n) is 4.42. The standard InChI is InChI=1S/C16H20ClN3O3/c1-9(21)14-16(23)20-8-12(6-13(20)15(22)19-14)18-7-10-3-2-4-11(17)5-10/h2-5,9,12-14,18,21H,6-8H2,1H3,(H,19,22)/t9-,12-,13-,14+/m0/s1. The van der Waals surface area contributed by atoms with Gasteiger partial charge in [-0.1, -0.05) is 23.7 Å². The van der Waals surface area contributed by atoms with Crippen molar-refractivity contribution in [3.05, 3.63) is 34.9 Å². The molecule has 0 spiro atoms. The summed E-state index contributed by atoms with van der Waals surface area (Å²) in [4.78, 5) is 26.1. The monoisotopic (exact) mass is 337 g/mol. The number of hydrogen-bond donors (Lipinski definition) is 3. The van der Waals surface area contributed by atoms with Crippen LogP contribution in [0.1, 0.15) is 18.9 Å². The van der Waals surface area contributed by atoms with Crippen molar-refractivity contribution in [3.63, 3.8) is 0 Å². The fourth-order valence-corrected chi connectivity index (χ4v) is 3.41. The Morgan fingerprint density at radius 3 is 2.96 bits per heavy atom. The molecule has 0 saturated carbocycles. The van der Waals surface area contributed by atoms with Crippen molar-refractivity contribution >= 4 is 23.4 Å². The van der Waals surface area contributed by atoms with E-state index in [-0.39, 0.29) is 17.9 Å². The molecule has 2 amide bonds. The minimum absolute atomic E-state index is 0.0430. The second-order valence-electron chi connectivity index (χ2n) is 6.18.